The van der Waals surface area contributed by atoms with Crippen LogP contribution in [0.25, 0.3) is 10.9 Å². The van der Waals surface area contributed by atoms with Gasteiger partial charge in [-0.1, -0.05) is 15.9 Å². The normalized spacial score (nSPS) is 20.1. The molecule has 0 unspecified atom stereocenters. The first-order chi connectivity index (χ1) is 14.2. The zero-order valence-electron chi connectivity index (χ0n) is 18.5. The number of carbonyl (C=O) groups excluding carboxylic acids is 1. The maximum Gasteiger partial charge on any atom is 0.410 e. The molecule has 164 valence electrons. The number of hydrogen-bond donors (Lipinski definition) is 0. The van der Waals surface area contributed by atoms with Gasteiger partial charge in [0.05, 0.1) is 17.3 Å². The quantitative estimate of drug-likeness (QED) is 0.601. The largest absolute Gasteiger partial charge is 0.444 e. The van der Waals surface area contributed by atoms with Crippen molar-refractivity contribution in [1.82, 2.24) is 19.6 Å². The van der Waals surface area contributed by atoms with Crippen LogP contribution in [0, 0.1) is 6.92 Å². The minimum atomic E-state index is -0.430. The highest BCUT2D eigenvalue weighted by atomic mass is 79.9. The number of fused-ring (bicyclic) bond motifs is 1. The summed E-state index contributed by atoms with van der Waals surface area (Å²) in [5.41, 5.74) is 1.91. The van der Waals surface area contributed by atoms with Gasteiger partial charge in [0.15, 0.2) is 0 Å². The maximum atomic E-state index is 12.3. The topological polar surface area (TPSA) is 50.6 Å². The molecule has 0 bridgehead atoms. The molecule has 3 heterocycles. The maximum absolute atomic E-state index is 12.3. The third-order valence-corrected chi connectivity index (χ3v) is 6.82. The van der Waals surface area contributed by atoms with Crippen molar-refractivity contribution >= 4 is 32.9 Å². The zero-order valence-corrected chi connectivity index (χ0v) is 20.1. The summed E-state index contributed by atoms with van der Waals surface area (Å²) in [5, 5.41) is 6.11. The van der Waals surface area contributed by atoms with Gasteiger partial charge in [0.25, 0.3) is 0 Å². The second-order valence-electron chi connectivity index (χ2n) is 9.66. The zero-order chi connectivity index (χ0) is 21.5. The van der Waals surface area contributed by atoms with Gasteiger partial charge in [0.1, 0.15) is 5.60 Å². The van der Waals surface area contributed by atoms with E-state index in [0.717, 1.165) is 62.0 Å². The molecule has 2 aromatic rings. The summed E-state index contributed by atoms with van der Waals surface area (Å²) < 4.78 is 8.88. The molecule has 1 aromatic carbocycles. The second-order valence-corrected chi connectivity index (χ2v) is 10.6. The van der Waals surface area contributed by atoms with E-state index in [2.05, 4.69) is 50.6 Å². The van der Waals surface area contributed by atoms with Crippen molar-refractivity contribution in [1.29, 1.82) is 0 Å². The lowest BCUT2D eigenvalue weighted by Gasteiger charge is -2.42. The summed E-state index contributed by atoms with van der Waals surface area (Å²) in [5.74, 6) is 0. The van der Waals surface area contributed by atoms with Crippen molar-refractivity contribution in [2.24, 2.45) is 0 Å². The Morgan fingerprint density at radius 2 is 1.70 bits per heavy atom. The van der Waals surface area contributed by atoms with Gasteiger partial charge >= 0.3 is 6.09 Å². The molecule has 4 rings (SSSR count). The van der Waals surface area contributed by atoms with Crippen molar-refractivity contribution in [2.45, 2.75) is 71.1 Å². The summed E-state index contributed by atoms with van der Waals surface area (Å²) in [6, 6.07) is 7.48. The van der Waals surface area contributed by atoms with Crippen LogP contribution in [0.3, 0.4) is 0 Å². The number of nitrogens with zero attached hydrogens (tertiary/aromatic N) is 4. The molecule has 0 saturated carbocycles. The number of halogens is 1. The van der Waals surface area contributed by atoms with Crippen molar-refractivity contribution in [3.63, 3.8) is 0 Å². The fraction of sp³-hybridized carbons (Fsp3) is 0.652. The Hall–Kier alpha value is -1.60. The average molecular weight is 477 g/mol. The molecule has 7 heteroatoms. The highest BCUT2D eigenvalue weighted by molar-refractivity contribution is 9.10. The first-order valence-electron chi connectivity index (χ1n) is 11.1. The molecule has 0 radical (unpaired) electrons. The van der Waals surface area contributed by atoms with Crippen molar-refractivity contribution in [2.75, 3.05) is 26.2 Å². The van der Waals surface area contributed by atoms with Gasteiger partial charge in [0, 0.05) is 42.1 Å². The van der Waals surface area contributed by atoms with Crippen LogP contribution in [0.2, 0.25) is 0 Å². The van der Waals surface area contributed by atoms with Gasteiger partial charge in [-0.25, -0.2) is 4.79 Å². The molecular formula is C23H33BrN4O2. The highest BCUT2D eigenvalue weighted by Gasteiger charge is 2.32. The van der Waals surface area contributed by atoms with Crippen LogP contribution in [0.4, 0.5) is 4.79 Å². The minimum Gasteiger partial charge on any atom is -0.444 e. The van der Waals surface area contributed by atoms with Gasteiger partial charge in [-0.05, 0) is 71.6 Å². The van der Waals surface area contributed by atoms with E-state index in [4.69, 9.17) is 9.84 Å². The molecule has 1 amide bonds. The number of piperidine rings is 2. The third-order valence-electron chi connectivity index (χ3n) is 6.33. The number of rotatable bonds is 2. The van der Waals surface area contributed by atoms with Gasteiger partial charge in [-0.15, -0.1) is 0 Å². The van der Waals surface area contributed by atoms with Crippen LogP contribution in [-0.2, 0) is 4.74 Å². The molecule has 6 nitrogen and oxygen atoms in total. The lowest BCUT2D eigenvalue weighted by atomic mass is 9.98. The number of ether oxygens (including phenoxy) is 1. The Labute approximate surface area is 187 Å². The number of aromatic nitrogens is 2. The van der Waals surface area contributed by atoms with Crippen LogP contribution < -0.4 is 0 Å². The number of amides is 1. The molecule has 0 spiro atoms. The van der Waals surface area contributed by atoms with E-state index >= 15 is 0 Å². The van der Waals surface area contributed by atoms with E-state index in [0.29, 0.717) is 12.1 Å². The summed E-state index contributed by atoms with van der Waals surface area (Å²) in [6.45, 7) is 11.6. The Kier molecular flexibility index (Phi) is 6.13. The number of carbonyl (C=O) groups is 1. The van der Waals surface area contributed by atoms with Crippen LogP contribution in [0.15, 0.2) is 22.7 Å². The highest BCUT2D eigenvalue weighted by Crippen LogP contribution is 2.31. The molecule has 30 heavy (non-hydrogen) atoms. The molecule has 0 atom stereocenters. The van der Waals surface area contributed by atoms with Crippen LogP contribution in [0.1, 0.15) is 58.2 Å². The summed E-state index contributed by atoms with van der Waals surface area (Å²) in [6.07, 6.45) is 4.13. The Morgan fingerprint density at radius 3 is 2.33 bits per heavy atom. The predicted molar refractivity (Wildman–Crippen MR) is 123 cm³/mol. The first-order valence-corrected chi connectivity index (χ1v) is 11.9. The lowest BCUT2D eigenvalue weighted by molar-refractivity contribution is 0.0119. The van der Waals surface area contributed by atoms with E-state index in [1.165, 1.54) is 10.9 Å². The molecule has 2 saturated heterocycles. The minimum absolute atomic E-state index is 0.174. The smallest absolute Gasteiger partial charge is 0.410 e. The fourth-order valence-electron chi connectivity index (χ4n) is 4.78. The number of hydrogen-bond acceptors (Lipinski definition) is 4. The third kappa shape index (κ3) is 4.67. The number of aryl methyl sites for hydroxylation is 1. The summed E-state index contributed by atoms with van der Waals surface area (Å²) >= 11 is 3.57. The van der Waals surface area contributed by atoms with E-state index in [-0.39, 0.29) is 6.09 Å². The Morgan fingerprint density at radius 1 is 1.07 bits per heavy atom. The Balaban J connectivity index is 1.32. The summed E-state index contributed by atoms with van der Waals surface area (Å²) in [4.78, 5) is 16.8. The lowest BCUT2D eigenvalue weighted by Crippen LogP contribution is -2.50. The van der Waals surface area contributed by atoms with E-state index < -0.39 is 5.60 Å². The van der Waals surface area contributed by atoms with Crippen molar-refractivity contribution in [3.05, 3.63) is 28.4 Å². The first kappa shape index (κ1) is 21.6. The van der Waals surface area contributed by atoms with Gasteiger partial charge in [-0.3, -0.25) is 4.68 Å². The summed E-state index contributed by atoms with van der Waals surface area (Å²) in [7, 11) is 0. The van der Waals surface area contributed by atoms with E-state index in [9.17, 15) is 4.79 Å². The predicted octanol–water partition coefficient (Wildman–Crippen LogP) is 5.14. The molecule has 2 fully saturated rings. The van der Waals surface area contributed by atoms with Crippen molar-refractivity contribution in [3.8, 4) is 0 Å². The van der Waals surface area contributed by atoms with E-state index in [1.54, 1.807) is 0 Å². The van der Waals surface area contributed by atoms with Crippen molar-refractivity contribution < 1.29 is 9.53 Å². The molecule has 0 aliphatic carbocycles. The van der Waals surface area contributed by atoms with Crippen LogP contribution in [-0.4, -0.2) is 63.5 Å². The standard InChI is InChI=1S/C23H33BrN4O2/c1-16-20-15-17(24)5-6-21(20)28(25-16)19-9-11-26(12-10-19)18-7-13-27(14-8-18)22(29)30-23(2,3)4/h5-6,15,18-19H,7-14H2,1-4H3. The molecule has 2 aliphatic rings. The number of benzene rings is 1. The Bertz CT molecular complexity index is 904. The second kappa shape index (κ2) is 8.50. The van der Waals surface area contributed by atoms with Crippen LogP contribution >= 0.6 is 15.9 Å². The molecule has 1 aromatic heterocycles. The molecular weight excluding hydrogens is 444 g/mol. The number of likely N-dealkylation sites (tertiary alicyclic amines) is 2. The van der Waals surface area contributed by atoms with E-state index in [1.807, 2.05) is 25.7 Å². The van der Waals surface area contributed by atoms with Crippen LogP contribution in [0.5, 0.6) is 0 Å². The van der Waals surface area contributed by atoms with Gasteiger partial charge < -0.3 is 14.5 Å². The SMILES string of the molecule is Cc1nn(C2CCN(C3CCN(C(=O)OC(C)(C)C)CC3)CC2)c2ccc(Br)cc12. The molecule has 2 aliphatic heterocycles. The average Bonchev–Trinajstić information content (AvgIpc) is 3.03. The van der Waals surface area contributed by atoms with Gasteiger partial charge in [0.2, 0.25) is 0 Å². The molecule has 0 N–H and O–H groups in total. The fourth-order valence-corrected chi connectivity index (χ4v) is 5.14. The van der Waals surface area contributed by atoms with Gasteiger partial charge in [-0.2, -0.15) is 5.10 Å². The monoisotopic (exact) mass is 476 g/mol.